The molecule has 1 radical (unpaired) electrons. The monoisotopic (exact) mass is 574 g/mol. The summed E-state index contributed by atoms with van der Waals surface area (Å²) in [5, 5.41) is 0. The van der Waals surface area contributed by atoms with Crippen LogP contribution in [0.3, 0.4) is 0 Å². The zero-order valence-corrected chi connectivity index (χ0v) is 27.8. The van der Waals surface area contributed by atoms with Gasteiger partial charge in [-0.2, -0.15) is 6.92 Å². The van der Waals surface area contributed by atoms with Gasteiger partial charge in [-0.1, -0.05) is 103 Å². The molecule has 1 nitrogen and oxygen atoms in total. The van der Waals surface area contributed by atoms with Crippen molar-refractivity contribution in [1.29, 1.82) is 0 Å². The Balaban J connectivity index is 0. The van der Waals surface area contributed by atoms with Crippen LogP contribution in [0, 0.1) is 20.4 Å². The van der Waals surface area contributed by atoms with E-state index in [0.717, 1.165) is 49.1 Å². The zero-order valence-electron chi connectivity index (χ0n) is 26.8. The summed E-state index contributed by atoms with van der Waals surface area (Å²) >= 11 is 0. The second kappa shape index (κ2) is 23.1. The summed E-state index contributed by atoms with van der Waals surface area (Å²) in [6.45, 7) is 20.8. The Kier molecular flexibility index (Phi) is 23.4. The SMILES string of the molecule is CCCCCCc1cc([C-]=C(C)C(CC)=Nc2cc(CC)cc(CCCC)c2)cc(CC)c1CC.[CH2-]C.[CH3-].[Ni+3]. The standard InChI is InChI=1S/C34H50N.C2H5.CH3.Ni/c1-8-14-16-17-19-31-23-29(22-30(11-4)33(31)12-5)20-26(7)34(13-6)35-32-24-27(10-3)21-28(25-32)18-15-9-2;1-2;;/h21-25H,8-19H2,1-7H3;1H2,2H3;1H3;/q3*-1;+3. The number of aryl methyl sites for hydroxylation is 4. The Morgan fingerprint density at radius 1 is 0.718 bits per heavy atom. The topological polar surface area (TPSA) is 12.4 Å². The van der Waals surface area contributed by atoms with Crippen molar-refractivity contribution >= 4 is 11.4 Å². The van der Waals surface area contributed by atoms with Crippen molar-refractivity contribution in [2.24, 2.45) is 4.99 Å². The number of allylic oxidation sites excluding steroid dienone is 1. The molecule has 221 valence electrons. The predicted octanol–water partition coefficient (Wildman–Crippen LogP) is 11.4. The Bertz CT molecular complexity index is 983. The van der Waals surface area contributed by atoms with E-state index in [1.165, 1.54) is 72.8 Å². The Labute approximate surface area is 254 Å². The van der Waals surface area contributed by atoms with Crippen LogP contribution in [0.15, 0.2) is 40.9 Å². The maximum atomic E-state index is 5.14. The van der Waals surface area contributed by atoms with Crippen LogP contribution in [-0.2, 0) is 48.6 Å². The molecule has 0 saturated carbocycles. The van der Waals surface area contributed by atoms with Crippen molar-refractivity contribution in [3.05, 3.63) is 89.7 Å². The van der Waals surface area contributed by atoms with Gasteiger partial charge in [0, 0.05) is 0 Å². The predicted molar refractivity (Wildman–Crippen MR) is 174 cm³/mol. The summed E-state index contributed by atoms with van der Waals surface area (Å²) in [5.74, 6) is 0. The van der Waals surface area contributed by atoms with Gasteiger partial charge in [-0.25, -0.2) is 0 Å². The van der Waals surface area contributed by atoms with Gasteiger partial charge < -0.3 is 19.3 Å². The number of hydrogen-bond donors (Lipinski definition) is 0. The van der Waals surface area contributed by atoms with E-state index in [2.05, 4.69) is 91.8 Å². The molecule has 0 unspecified atom stereocenters. The van der Waals surface area contributed by atoms with Gasteiger partial charge >= 0.3 is 16.5 Å². The Morgan fingerprint density at radius 2 is 1.36 bits per heavy atom. The van der Waals surface area contributed by atoms with Crippen molar-refractivity contribution in [3.8, 4) is 0 Å². The van der Waals surface area contributed by atoms with Crippen molar-refractivity contribution in [3.63, 3.8) is 0 Å². The molecule has 0 heterocycles. The van der Waals surface area contributed by atoms with Gasteiger partial charge in [-0.05, 0) is 73.9 Å². The second-order valence-corrected chi connectivity index (χ2v) is 9.92. The number of rotatable bonds is 15. The van der Waals surface area contributed by atoms with Crippen LogP contribution in [0.1, 0.15) is 134 Å². The first-order chi connectivity index (χ1) is 18.0. The molecule has 0 aliphatic carbocycles. The van der Waals surface area contributed by atoms with Gasteiger partial charge in [0.15, 0.2) is 0 Å². The first-order valence-electron chi connectivity index (χ1n) is 15.2. The minimum Gasteiger partial charge on any atom is -0.358 e. The molecule has 2 heteroatoms. The number of hydrogen-bond acceptors (Lipinski definition) is 1. The van der Waals surface area contributed by atoms with Crippen LogP contribution < -0.4 is 0 Å². The van der Waals surface area contributed by atoms with E-state index in [-0.39, 0.29) is 23.9 Å². The van der Waals surface area contributed by atoms with E-state index in [4.69, 9.17) is 4.99 Å². The summed E-state index contributed by atoms with van der Waals surface area (Å²) in [6, 6.07) is 11.7. The molecule has 0 fully saturated rings. The third-order valence-corrected chi connectivity index (χ3v) is 7.10. The molecule has 2 rings (SSSR count). The molecule has 2 aromatic carbocycles. The van der Waals surface area contributed by atoms with Crippen LogP contribution in [-0.4, -0.2) is 5.71 Å². The van der Waals surface area contributed by atoms with Crippen LogP contribution in [0.2, 0.25) is 0 Å². The number of unbranched alkanes of at least 4 members (excludes halogenated alkanes) is 4. The molecule has 0 saturated heterocycles. The summed E-state index contributed by atoms with van der Waals surface area (Å²) in [7, 11) is 0. The molecule has 39 heavy (non-hydrogen) atoms. The summed E-state index contributed by atoms with van der Waals surface area (Å²) < 4.78 is 0. The minimum atomic E-state index is 0. The van der Waals surface area contributed by atoms with E-state index in [0.29, 0.717) is 0 Å². The molecule has 0 aliphatic heterocycles. The van der Waals surface area contributed by atoms with Crippen molar-refractivity contribution < 1.29 is 16.5 Å². The largest absolute Gasteiger partial charge is 3.00 e. The molecule has 0 atom stereocenters. The normalized spacial score (nSPS) is 11.3. The van der Waals surface area contributed by atoms with Gasteiger partial charge in [0.2, 0.25) is 0 Å². The van der Waals surface area contributed by atoms with Gasteiger partial charge in [-0.15, -0.1) is 29.3 Å². The molecular weight excluding hydrogens is 517 g/mol. The van der Waals surface area contributed by atoms with Gasteiger partial charge in [0.05, 0.1) is 5.69 Å². The Hall–Kier alpha value is -1.66. The van der Waals surface area contributed by atoms with Crippen LogP contribution in [0.4, 0.5) is 5.69 Å². The van der Waals surface area contributed by atoms with Crippen molar-refractivity contribution in [2.75, 3.05) is 0 Å². The quantitative estimate of drug-likeness (QED) is 0.0867. The maximum absolute atomic E-state index is 5.14. The average molecular weight is 576 g/mol. The number of nitrogens with zero attached hydrogens (tertiary/aromatic N) is 1. The van der Waals surface area contributed by atoms with E-state index >= 15 is 0 Å². The number of benzene rings is 2. The molecule has 0 aromatic heterocycles. The fourth-order valence-corrected chi connectivity index (χ4v) is 5.01. The molecule has 0 amide bonds. The van der Waals surface area contributed by atoms with Gasteiger partial charge in [-0.3, -0.25) is 0 Å². The van der Waals surface area contributed by atoms with E-state index in [9.17, 15) is 0 Å². The molecular formula is C37H58NNi. The average Bonchev–Trinajstić information content (AvgIpc) is 2.93. The zero-order chi connectivity index (χ0) is 27.6. The van der Waals surface area contributed by atoms with Crippen LogP contribution in [0.25, 0.3) is 0 Å². The summed E-state index contributed by atoms with van der Waals surface area (Å²) in [5.41, 5.74) is 12.0. The first-order valence-corrected chi connectivity index (χ1v) is 15.2. The minimum absolute atomic E-state index is 0. The van der Waals surface area contributed by atoms with E-state index in [1.807, 2.05) is 0 Å². The molecule has 0 spiro atoms. The fourth-order valence-electron chi connectivity index (χ4n) is 5.01. The smallest absolute Gasteiger partial charge is 0.358 e. The molecule has 2 aromatic rings. The second-order valence-electron chi connectivity index (χ2n) is 9.92. The van der Waals surface area contributed by atoms with Gasteiger partial charge in [0.25, 0.3) is 0 Å². The van der Waals surface area contributed by atoms with E-state index in [1.54, 1.807) is 12.5 Å². The maximum Gasteiger partial charge on any atom is 3.00 e. The molecule has 0 aliphatic rings. The summed E-state index contributed by atoms with van der Waals surface area (Å²) in [6.07, 6.45) is 17.9. The van der Waals surface area contributed by atoms with E-state index < -0.39 is 0 Å². The van der Waals surface area contributed by atoms with Crippen LogP contribution in [0.5, 0.6) is 0 Å². The first kappa shape index (κ1) is 39.5. The van der Waals surface area contributed by atoms with Crippen molar-refractivity contribution in [2.45, 2.75) is 132 Å². The third kappa shape index (κ3) is 13.5. The van der Waals surface area contributed by atoms with Gasteiger partial charge in [0.1, 0.15) is 0 Å². The molecule has 0 N–H and O–H groups in total. The third-order valence-electron chi connectivity index (χ3n) is 7.10. The molecule has 0 bridgehead atoms. The van der Waals surface area contributed by atoms with Crippen molar-refractivity contribution in [1.82, 2.24) is 0 Å². The summed E-state index contributed by atoms with van der Waals surface area (Å²) in [4.78, 5) is 5.14. The number of aliphatic imine (C=N–C) groups is 1. The van der Waals surface area contributed by atoms with Crippen LogP contribution >= 0.6 is 0 Å². The Morgan fingerprint density at radius 3 is 1.92 bits per heavy atom. The fraction of sp³-hybridized carbons (Fsp3) is 0.541.